The van der Waals surface area contributed by atoms with Crippen LogP contribution in [0.3, 0.4) is 0 Å². The molecule has 0 spiro atoms. The predicted octanol–water partition coefficient (Wildman–Crippen LogP) is 2.75. The molecular formula is C13H20O2. The van der Waals surface area contributed by atoms with Gasteiger partial charge in [0.1, 0.15) is 11.6 Å². The molecule has 0 aromatic carbocycles. The molecule has 0 aromatic rings. The lowest BCUT2D eigenvalue weighted by Crippen LogP contribution is -2.26. The van der Waals surface area contributed by atoms with Crippen molar-refractivity contribution >= 4 is 11.6 Å². The summed E-state index contributed by atoms with van der Waals surface area (Å²) in [7, 11) is 0. The zero-order chi connectivity index (χ0) is 10.8. The highest BCUT2D eigenvalue weighted by Gasteiger charge is 2.34. The van der Waals surface area contributed by atoms with E-state index in [1.165, 1.54) is 12.8 Å². The van der Waals surface area contributed by atoms with E-state index in [0.29, 0.717) is 24.5 Å². The van der Waals surface area contributed by atoms with E-state index in [1.54, 1.807) is 0 Å². The number of Topliss-reactive ketones (excluding diaryl/α,β-unsaturated/α-hetero) is 2. The van der Waals surface area contributed by atoms with Crippen molar-refractivity contribution in [2.45, 2.75) is 51.9 Å². The van der Waals surface area contributed by atoms with Gasteiger partial charge in [-0.2, -0.15) is 0 Å². The Hall–Kier alpha value is -0.660. The first-order chi connectivity index (χ1) is 7.16. The first kappa shape index (κ1) is 10.8. The van der Waals surface area contributed by atoms with Crippen LogP contribution in [0.1, 0.15) is 51.9 Å². The summed E-state index contributed by atoms with van der Waals surface area (Å²) in [6, 6.07) is 0. The summed E-state index contributed by atoms with van der Waals surface area (Å²) in [6.07, 6.45) is 6.58. The molecule has 84 valence electrons. The van der Waals surface area contributed by atoms with E-state index in [4.69, 9.17) is 0 Å². The molecule has 2 fully saturated rings. The smallest absolute Gasteiger partial charge is 0.139 e. The maximum atomic E-state index is 12.1. The van der Waals surface area contributed by atoms with Crippen LogP contribution in [-0.2, 0) is 9.59 Å². The average Bonchev–Trinajstić information content (AvgIpc) is 2.64. The number of rotatable bonds is 2. The Morgan fingerprint density at radius 2 is 2.00 bits per heavy atom. The Balaban J connectivity index is 1.92. The van der Waals surface area contributed by atoms with Crippen molar-refractivity contribution in [2.75, 3.05) is 0 Å². The Labute approximate surface area is 91.4 Å². The zero-order valence-corrected chi connectivity index (χ0v) is 9.50. The highest BCUT2D eigenvalue weighted by Crippen LogP contribution is 2.34. The molecule has 0 radical (unpaired) electrons. The van der Waals surface area contributed by atoms with Gasteiger partial charge in [-0.25, -0.2) is 0 Å². The molecule has 0 aliphatic heterocycles. The molecule has 2 saturated carbocycles. The van der Waals surface area contributed by atoms with Gasteiger partial charge in [0.25, 0.3) is 0 Å². The second-order valence-electron chi connectivity index (χ2n) is 5.35. The minimum Gasteiger partial charge on any atom is -0.300 e. The maximum absolute atomic E-state index is 12.1. The summed E-state index contributed by atoms with van der Waals surface area (Å²) < 4.78 is 0. The van der Waals surface area contributed by atoms with Gasteiger partial charge >= 0.3 is 0 Å². The molecule has 0 heterocycles. The van der Waals surface area contributed by atoms with Crippen molar-refractivity contribution in [3.63, 3.8) is 0 Å². The molecule has 0 bridgehead atoms. The molecule has 2 rings (SSSR count). The first-order valence-corrected chi connectivity index (χ1v) is 6.22. The van der Waals surface area contributed by atoms with E-state index in [0.717, 1.165) is 19.3 Å². The second-order valence-corrected chi connectivity index (χ2v) is 5.35. The van der Waals surface area contributed by atoms with E-state index >= 15 is 0 Å². The quantitative estimate of drug-likeness (QED) is 0.699. The molecule has 2 nitrogen and oxygen atoms in total. The van der Waals surface area contributed by atoms with Gasteiger partial charge in [-0.1, -0.05) is 19.8 Å². The van der Waals surface area contributed by atoms with Gasteiger partial charge in [-0.05, 0) is 25.2 Å². The van der Waals surface area contributed by atoms with Gasteiger partial charge in [0, 0.05) is 24.7 Å². The lowest BCUT2D eigenvalue weighted by Gasteiger charge is -2.27. The van der Waals surface area contributed by atoms with Crippen molar-refractivity contribution in [1.29, 1.82) is 0 Å². The molecule has 0 N–H and O–H groups in total. The second kappa shape index (κ2) is 4.46. The van der Waals surface area contributed by atoms with Crippen LogP contribution in [0, 0.1) is 17.8 Å². The monoisotopic (exact) mass is 208 g/mol. The fourth-order valence-electron chi connectivity index (χ4n) is 3.08. The topological polar surface area (TPSA) is 34.1 Å². The van der Waals surface area contributed by atoms with Gasteiger partial charge < -0.3 is 0 Å². The first-order valence-electron chi connectivity index (χ1n) is 6.22. The van der Waals surface area contributed by atoms with Gasteiger partial charge in [-0.15, -0.1) is 0 Å². The van der Waals surface area contributed by atoms with E-state index in [9.17, 15) is 9.59 Å². The van der Waals surface area contributed by atoms with Crippen LogP contribution in [0.25, 0.3) is 0 Å². The van der Waals surface area contributed by atoms with Gasteiger partial charge in [0.15, 0.2) is 0 Å². The van der Waals surface area contributed by atoms with Crippen LogP contribution >= 0.6 is 0 Å². The zero-order valence-electron chi connectivity index (χ0n) is 9.50. The normalized spacial score (nSPS) is 36.9. The Bertz CT molecular complexity index is 270. The summed E-state index contributed by atoms with van der Waals surface area (Å²) in [5.74, 6) is 1.73. The van der Waals surface area contributed by atoms with Gasteiger partial charge in [0.2, 0.25) is 0 Å². The van der Waals surface area contributed by atoms with E-state index in [2.05, 4.69) is 6.92 Å². The van der Waals surface area contributed by atoms with Gasteiger partial charge in [0.05, 0.1) is 0 Å². The molecule has 2 aliphatic carbocycles. The van der Waals surface area contributed by atoms with E-state index in [-0.39, 0.29) is 17.6 Å². The SMILES string of the molecule is CC1CCCC(C(=O)C2CCC(=O)C2)C1. The Morgan fingerprint density at radius 1 is 1.20 bits per heavy atom. The highest BCUT2D eigenvalue weighted by molar-refractivity contribution is 5.92. The van der Waals surface area contributed by atoms with Crippen LogP contribution in [0.15, 0.2) is 0 Å². The summed E-state index contributed by atoms with van der Waals surface area (Å²) in [5.41, 5.74) is 0. The molecule has 2 aliphatic rings. The highest BCUT2D eigenvalue weighted by atomic mass is 16.1. The fourth-order valence-corrected chi connectivity index (χ4v) is 3.08. The predicted molar refractivity (Wildman–Crippen MR) is 58.5 cm³/mol. The lowest BCUT2D eigenvalue weighted by atomic mass is 9.77. The summed E-state index contributed by atoms with van der Waals surface area (Å²) in [5, 5.41) is 0. The minimum absolute atomic E-state index is 0.0767. The number of carbonyl (C=O) groups is 2. The molecule has 3 unspecified atom stereocenters. The van der Waals surface area contributed by atoms with Crippen LogP contribution in [0.2, 0.25) is 0 Å². The third-order valence-electron chi connectivity index (χ3n) is 3.99. The molecule has 0 aromatic heterocycles. The Morgan fingerprint density at radius 3 is 2.60 bits per heavy atom. The molecule has 15 heavy (non-hydrogen) atoms. The summed E-state index contributed by atoms with van der Waals surface area (Å²) in [6.45, 7) is 2.24. The molecule has 2 heteroatoms. The molecule has 3 atom stereocenters. The molecule has 0 saturated heterocycles. The third kappa shape index (κ3) is 2.47. The van der Waals surface area contributed by atoms with Crippen molar-refractivity contribution in [3.05, 3.63) is 0 Å². The average molecular weight is 208 g/mol. The van der Waals surface area contributed by atoms with Crippen molar-refractivity contribution in [1.82, 2.24) is 0 Å². The molecule has 0 amide bonds. The summed E-state index contributed by atoms with van der Waals surface area (Å²) >= 11 is 0. The van der Waals surface area contributed by atoms with Gasteiger partial charge in [-0.3, -0.25) is 9.59 Å². The van der Waals surface area contributed by atoms with Crippen LogP contribution < -0.4 is 0 Å². The third-order valence-corrected chi connectivity index (χ3v) is 3.99. The largest absolute Gasteiger partial charge is 0.300 e. The summed E-state index contributed by atoms with van der Waals surface area (Å²) in [4.78, 5) is 23.3. The van der Waals surface area contributed by atoms with Crippen LogP contribution in [0.5, 0.6) is 0 Å². The standard InChI is InChI=1S/C13H20O2/c1-9-3-2-4-10(7-9)13(15)11-5-6-12(14)8-11/h9-11H,2-8H2,1H3. The van der Waals surface area contributed by atoms with Crippen LogP contribution in [0.4, 0.5) is 0 Å². The molecular weight excluding hydrogens is 188 g/mol. The number of hydrogen-bond donors (Lipinski definition) is 0. The van der Waals surface area contributed by atoms with E-state index in [1.807, 2.05) is 0 Å². The number of hydrogen-bond acceptors (Lipinski definition) is 2. The van der Waals surface area contributed by atoms with Crippen molar-refractivity contribution in [3.8, 4) is 0 Å². The van der Waals surface area contributed by atoms with Crippen molar-refractivity contribution in [2.24, 2.45) is 17.8 Å². The van der Waals surface area contributed by atoms with Crippen molar-refractivity contribution < 1.29 is 9.59 Å². The lowest BCUT2D eigenvalue weighted by molar-refractivity contribution is -0.129. The Kier molecular flexibility index (Phi) is 3.22. The maximum Gasteiger partial charge on any atom is 0.139 e. The number of ketones is 2. The van der Waals surface area contributed by atoms with E-state index < -0.39 is 0 Å². The minimum atomic E-state index is 0.0767. The van der Waals surface area contributed by atoms with Crippen LogP contribution in [-0.4, -0.2) is 11.6 Å². The fraction of sp³-hybridized carbons (Fsp3) is 0.846. The number of carbonyl (C=O) groups excluding carboxylic acids is 2.